The topological polar surface area (TPSA) is 333 Å². The van der Waals surface area contributed by atoms with Gasteiger partial charge in [0.25, 0.3) is 0 Å². The van der Waals surface area contributed by atoms with Crippen LogP contribution in [0, 0.1) is 20.2 Å². The highest BCUT2D eigenvalue weighted by molar-refractivity contribution is 5.70. The van der Waals surface area contributed by atoms with E-state index in [9.17, 15) is 49.6 Å². The predicted molar refractivity (Wildman–Crippen MR) is 116 cm³/mol. The van der Waals surface area contributed by atoms with E-state index in [0.29, 0.717) is 26.2 Å². The highest BCUT2D eigenvalue weighted by Gasteiger charge is 2.07. The zero-order chi connectivity index (χ0) is 30.2. The third-order valence-corrected chi connectivity index (χ3v) is 3.21. The summed E-state index contributed by atoms with van der Waals surface area (Å²) in [6, 6.07) is 0. The van der Waals surface area contributed by atoms with E-state index in [4.69, 9.17) is 20.4 Å². The SMILES string of the molecule is O=C([O-])CCCC(=O)O[N+](=O)[O-].O=C([O-])CCCC(=O)O[N+](=O)[O-].OCC[NH2+]CCO.OCC[NH2+]CCO. The van der Waals surface area contributed by atoms with E-state index in [-0.39, 0.29) is 65.0 Å². The third-order valence-electron chi connectivity index (χ3n) is 3.21. The number of nitrogens with zero attached hydrogens (tertiary/aromatic N) is 2. The summed E-state index contributed by atoms with van der Waals surface area (Å²) in [4.78, 5) is 66.4. The van der Waals surface area contributed by atoms with Crippen LogP contribution in [0.1, 0.15) is 38.5 Å². The number of hydrogen-bond acceptors (Lipinski definition) is 16. The van der Waals surface area contributed by atoms with Gasteiger partial charge in [-0.05, 0) is 25.7 Å². The first-order chi connectivity index (χ1) is 17.9. The predicted octanol–water partition coefficient (Wildman–Crippen LogP) is -7.65. The summed E-state index contributed by atoms with van der Waals surface area (Å²) in [5.41, 5.74) is 0. The Hall–Kier alpha value is -3.56. The second kappa shape index (κ2) is 33.4. The lowest BCUT2D eigenvalue weighted by Crippen LogP contribution is -2.85. The summed E-state index contributed by atoms with van der Waals surface area (Å²) < 4.78 is 0. The number of aliphatic carboxylic acids is 2. The van der Waals surface area contributed by atoms with Crippen LogP contribution in [0.15, 0.2) is 0 Å². The minimum absolute atomic E-state index is 0.0188. The Labute approximate surface area is 216 Å². The Bertz CT molecular complexity index is 588. The molecule has 0 heterocycles. The number of hydrogen-bond donors (Lipinski definition) is 6. The number of aliphatic hydroxyl groups is 4. The van der Waals surface area contributed by atoms with Crippen LogP contribution in [0.25, 0.3) is 0 Å². The third kappa shape index (κ3) is 53.7. The lowest BCUT2D eigenvalue weighted by molar-refractivity contribution is -0.729. The van der Waals surface area contributed by atoms with Gasteiger partial charge >= 0.3 is 22.1 Å². The zero-order valence-corrected chi connectivity index (χ0v) is 20.6. The Kier molecular flexibility index (Phi) is 36.6. The molecule has 0 aliphatic heterocycles. The molecular formula is C18H36N4O16. The van der Waals surface area contributed by atoms with Gasteiger partial charge in [0.1, 0.15) is 0 Å². The van der Waals surface area contributed by atoms with Gasteiger partial charge in [0.2, 0.25) is 0 Å². The van der Waals surface area contributed by atoms with Crippen molar-refractivity contribution >= 4 is 23.9 Å². The summed E-state index contributed by atoms with van der Waals surface area (Å²) in [5, 5.41) is 72.7. The number of carbonyl (C=O) groups is 4. The molecule has 0 aromatic heterocycles. The van der Waals surface area contributed by atoms with Gasteiger partial charge in [-0.2, -0.15) is 0 Å². The summed E-state index contributed by atoms with van der Waals surface area (Å²) in [6.07, 6.45) is -1.26. The van der Waals surface area contributed by atoms with E-state index in [2.05, 4.69) is 9.68 Å². The standard InChI is InChI=1S/2C5H7NO6.2C4H11NO2/c2*7-4(8)2-1-3-5(9)12-6(10)11;2*6-3-1-5-2-4-7/h2*1-3H2,(H,7,8);2*5-7H,1-4H2. The van der Waals surface area contributed by atoms with Gasteiger partial charge in [-0.25, -0.2) is 9.68 Å². The van der Waals surface area contributed by atoms with Crippen molar-refractivity contribution in [3.8, 4) is 0 Å². The number of aliphatic hydroxyl groups excluding tert-OH is 4. The molecule has 0 aliphatic rings. The molecule has 0 aromatic carbocycles. The molecule has 0 atom stereocenters. The smallest absolute Gasteiger partial charge is 0.303 e. The number of nitrogens with two attached hydrogens (primary N) is 2. The van der Waals surface area contributed by atoms with Crippen molar-refractivity contribution in [2.75, 3.05) is 52.6 Å². The van der Waals surface area contributed by atoms with Gasteiger partial charge in [0, 0.05) is 24.8 Å². The fourth-order valence-corrected chi connectivity index (χ4v) is 1.67. The van der Waals surface area contributed by atoms with Gasteiger partial charge in [0.15, 0.2) is 0 Å². The molecule has 0 saturated carbocycles. The molecule has 0 unspecified atom stereocenters. The van der Waals surface area contributed by atoms with Crippen LogP contribution >= 0.6 is 0 Å². The summed E-state index contributed by atoms with van der Waals surface area (Å²) in [5.74, 6) is -4.71. The van der Waals surface area contributed by atoms with Crippen molar-refractivity contribution in [3.63, 3.8) is 0 Å². The number of carboxylic acid groups (broad SMARTS) is 2. The first-order valence-corrected chi connectivity index (χ1v) is 11.0. The highest BCUT2D eigenvalue weighted by atomic mass is 17.0. The van der Waals surface area contributed by atoms with Gasteiger partial charge in [-0.3, -0.25) is 9.59 Å². The molecule has 0 saturated heterocycles. The average molecular weight is 564 g/mol. The second-order valence-electron chi connectivity index (χ2n) is 6.45. The minimum Gasteiger partial charge on any atom is -0.550 e. The maximum atomic E-state index is 10.4. The van der Waals surface area contributed by atoms with Crippen molar-refractivity contribution < 1.29 is 80.3 Å². The molecule has 0 aliphatic carbocycles. The lowest BCUT2D eigenvalue weighted by atomic mass is 10.2. The Morgan fingerprint density at radius 3 is 1.03 bits per heavy atom. The second-order valence-corrected chi connectivity index (χ2v) is 6.45. The summed E-state index contributed by atoms with van der Waals surface area (Å²) in [6.45, 7) is 3.56. The molecule has 0 aromatic rings. The first kappa shape index (κ1) is 41.6. The largest absolute Gasteiger partial charge is 0.550 e. The van der Waals surface area contributed by atoms with E-state index in [1.807, 2.05) is 10.6 Å². The molecule has 20 nitrogen and oxygen atoms in total. The molecule has 0 rings (SSSR count). The average Bonchev–Trinajstić information content (AvgIpc) is 2.79. The quantitative estimate of drug-likeness (QED) is 0.0511. The van der Waals surface area contributed by atoms with E-state index < -0.39 is 34.1 Å². The first-order valence-electron chi connectivity index (χ1n) is 11.0. The van der Waals surface area contributed by atoms with Crippen LogP contribution in [0.4, 0.5) is 0 Å². The monoisotopic (exact) mass is 564 g/mol. The van der Waals surface area contributed by atoms with Crippen LogP contribution in [0.3, 0.4) is 0 Å². The number of rotatable bonds is 18. The number of quaternary nitrogens is 2. The zero-order valence-electron chi connectivity index (χ0n) is 20.6. The van der Waals surface area contributed by atoms with Gasteiger partial charge in [0.05, 0.1) is 52.6 Å². The fraction of sp³-hybridized carbons (Fsp3) is 0.778. The highest BCUT2D eigenvalue weighted by Crippen LogP contribution is 1.97. The van der Waals surface area contributed by atoms with Crippen molar-refractivity contribution in [2.24, 2.45) is 0 Å². The van der Waals surface area contributed by atoms with Crippen molar-refractivity contribution in [1.29, 1.82) is 0 Å². The lowest BCUT2D eigenvalue weighted by Gasteiger charge is -1.99. The van der Waals surface area contributed by atoms with Crippen molar-refractivity contribution in [3.05, 3.63) is 20.2 Å². The van der Waals surface area contributed by atoms with E-state index >= 15 is 0 Å². The van der Waals surface area contributed by atoms with E-state index in [0.717, 1.165) is 0 Å². The van der Waals surface area contributed by atoms with Gasteiger partial charge in [-0.1, -0.05) is 0 Å². The normalized spacial score (nSPS) is 9.16. The summed E-state index contributed by atoms with van der Waals surface area (Å²) >= 11 is 0. The molecule has 0 fully saturated rings. The number of carbonyl (C=O) groups excluding carboxylic acids is 4. The molecule has 20 heteroatoms. The van der Waals surface area contributed by atoms with Crippen LogP contribution < -0.4 is 20.8 Å². The maximum Gasteiger partial charge on any atom is 0.303 e. The maximum absolute atomic E-state index is 10.4. The molecule has 0 spiro atoms. The van der Waals surface area contributed by atoms with Crippen LogP contribution in [0.5, 0.6) is 0 Å². The minimum atomic E-state index is -1.30. The number of carboxylic acids is 2. The summed E-state index contributed by atoms with van der Waals surface area (Å²) in [7, 11) is 0. The van der Waals surface area contributed by atoms with Crippen LogP contribution in [-0.2, 0) is 28.9 Å². The van der Waals surface area contributed by atoms with Gasteiger partial charge in [-0.15, -0.1) is 20.2 Å². The van der Waals surface area contributed by atoms with Crippen molar-refractivity contribution in [1.82, 2.24) is 0 Å². The van der Waals surface area contributed by atoms with Crippen molar-refractivity contribution in [2.45, 2.75) is 38.5 Å². The molecule has 0 radical (unpaired) electrons. The molecule has 8 N–H and O–H groups in total. The molecule has 0 bridgehead atoms. The molecule has 0 amide bonds. The van der Waals surface area contributed by atoms with Gasteiger partial charge < -0.3 is 50.9 Å². The van der Waals surface area contributed by atoms with E-state index in [1.165, 1.54) is 0 Å². The Morgan fingerprint density at radius 2 is 0.842 bits per heavy atom. The van der Waals surface area contributed by atoms with E-state index in [1.54, 1.807) is 0 Å². The van der Waals surface area contributed by atoms with Crippen LogP contribution in [-0.4, -0.2) is 107 Å². The molecule has 224 valence electrons. The Morgan fingerprint density at radius 1 is 0.579 bits per heavy atom. The molecule has 38 heavy (non-hydrogen) atoms. The fourth-order valence-electron chi connectivity index (χ4n) is 1.67. The molecular weight excluding hydrogens is 528 g/mol. The Balaban J connectivity index is -0.000000210. The van der Waals surface area contributed by atoms with Crippen LogP contribution in [0.2, 0.25) is 0 Å².